The molecule has 4 nitrogen and oxygen atoms in total. The Kier molecular flexibility index (Phi) is 6.90. The first-order valence-electron chi connectivity index (χ1n) is 6.50. The maximum absolute atomic E-state index is 13.5. The van der Waals surface area contributed by atoms with Crippen molar-refractivity contribution in [2.24, 2.45) is 0 Å². The van der Waals surface area contributed by atoms with E-state index in [9.17, 15) is 9.18 Å². The average molecular weight is 280 g/mol. The second-order valence-corrected chi connectivity index (χ2v) is 4.59. The van der Waals surface area contributed by atoms with E-state index in [1.54, 1.807) is 36.2 Å². The molecular weight excluding hydrogens is 259 g/mol. The van der Waals surface area contributed by atoms with Crippen LogP contribution in [0.15, 0.2) is 36.9 Å². The van der Waals surface area contributed by atoms with Gasteiger partial charge in [-0.3, -0.25) is 9.69 Å². The molecule has 1 aromatic carbocycles. The summed E-state index contributed by atoms with van der Waals surface area (Å²) in [6, 6.07) is 6.40. The second kappa shape index (κ2) is 8.45. The number of hydrogen-bond acceptors (Lipinski definition) is 3. The van der Waals surface area contributed by atoms with E-state index in [0.29, 0.717) is 18.7 Å². The maximum atomic E-state index is 13.5. The molecule has 0 heterocycles. The molecule has 20 heavy (non-hydrogen) atoms. The summed E-state index contributed by atoms with van der Waals surface area (Å²) in [6.07, 6.45) is 1.68. The molecule has 0 bridgehead atoms. The van der Waals surface area contributed by atoms with E-state index in [-0.39, 0.29) is 31.4 Å². The number of aliphatic hydroxyl groups excluding tert-OH is 1. The highest BCUT2D eigenvalue weighted by Gasteiger charge is 2.14. The average Bonchev–Trinajstić information content (AvgIpc) is 2.41. The number of hydrogen-bond donors (Lipinski definition) is 1. The van der Waals surface area contributed by atoms with Crippen molar-refractivity contribution in [3.05, 3.63) is 48.3 Å². The van der Waals surface area contributed by atoms with Crippen molar-refractivity contribution in [2.75, 3.05) is 33.3 Å². The molecule has 0 saturated heterocycles. The normalized spacial score (nSPS) is 10.6. The van der Waals surface area contributed by atoms with Gasteiger partial charge in [0.1, 0.15) is 5.82 Å². The van der Waals surface area contributed by atoms with Gasteiger partial charge in [0, 0.05) is 32.2 Å². The minimum Gasteiger partial charge on any atom is -0.395 e. The summed E-state index contributed by atoms with van der Waals surface area (Å²) in [5.74, 6) is -0.436. The Hall–Kier alpha value is -1.72. The van der Waals surface area contributed by atoms with Crippen molar-refractivity contribution < 1.29 is 14.3 Å². The SMILES string of the molecule is C=CCN(CCO)CC(=O)N(C)Cc1ccccc1F. The van der Waals surface area contributed by atoms with E-state index in [2.05, 4.69) is 6.58 Å². The monoisotopic (exact) mass is 280 g/mol. The molecule has 1 rings (SSSR count). The Morgan fingerprint density at radius 3 is 2.75 bits per heavy atom. The Balaban J connectivity index is 2.58. The minimum absolute atomic E-state index is 0.0157. The maximum Gasteiger partial charge on any atom is 0.236 e. The highest BCUT2D eigenvalue weighted by molar-refractivity contribution is 5.78. The molecule has 1 amide bonds. The molecular formula is C15H21FN2O2. The molecule has 110 valence electrons. The van der Waals surface area contributed by atoms with Crippen LogP contribution in [0.1, 0.15) is 5.56 Å². The fourth-order valence-electron chi connectivity index (χ4n) is 1.84. The van der Waals surface area contributed by atoms with Crippen molar-refractivity contribution in [1.29, 1.82) is 0 Å². The number of amides is 1. The van der Waals surface area contributed by atoms with Crippen LogP contribution in [0, 0.1) is 5.82 Å². The first-order valence-corrected chi connectivity index (χ1v) is 6.50. The molecule has 0 aromatic heterocycles. The van der Waals surface area contributed by atoms with Gasteiger partial charge in [0.15, 0.2) is 0 Å². The van der Waals surface area contributed by atoms with E-state index in [0.717, 1.165) is 0 Å². The molecule has 0 aliphatic heterocycles. The number of halogens is 1. The molecule has 0 aliphatic carbocycles. The molecule has 1 aromatic rings. The van der Waals surface area contributed by atoms with Crippen molar-refractivity contribution in [3.63, 3.8) is 0 Å². The number of benzene rings is 1. The summed E-state index contributed by atoms with van der Waals surface area (Å²) in [4.78, 5) is 15.3. The lowest BCUT2D eigenvalue weighted by Crippen LogP contribution is -2.39. The van der Waals surface area contributed by atoms with Gasteiger partial charge in [-0.25, -0.2) is 4.39 Å². The Morgan fingerprint density at radius 2 is 2.15 bits per heavy atom. The number of likely N-dealkylation sites (N-methyl/N-ethyl adjacent to an activating group) is 1. The Bertz CT molecular complexity index is 451. The van der Waals surface area contributed by atoms with Gasteiger partial charge in [-0.15, -0.1) is 6.58 Å². The molecule has 0 unspecified atom stereocenters. The number of nitrogens with zero attached hydrogens (tertiary/aromatic N) is 2. The van der Waals surface area contributed by atoms with Gasteiger partial charge in [0.05, 0.1) is 13.2 Å². The zero-order chi connectivity index (χ0) is 15.0. The predicted octanol–water partition coefficient (Wildman–Crippen LogP) is 1.26. The molecule has 0 fully saturated rings. The van der Waals surface area contributed by atoms with Crippen LogP contribution < -0.4 is 0 Å². The third kappa shape index (κ3) is 5.11. The van der Waals surface area contributed by atoms with E-state index in [1.165, 1.54) is 11.0 Å². The molecule has 0 saturated carbocycles. The van der Waals surface area contributed by atoms with E-state index < -0.39 is 0 Å². The van der Waals surface area contributed by atoms with Crippen LogP contribution in [0.5, 0.6) is 0 Å². The molecule has 5 heteroatoms. The van der Waals surface area contributed by atoms with Crippen LogP contribution in [0.2, 0.25) is 0 Å². The third-order valence-corrected chi connectivity index (χ3v) is 2.95. The molecule has 0 radical (unpaired) electrons. The van der Waals surface area contributed by atoms with Gasteiger partial charge >= 0.3 is 0 Å². The van der Waals surface area contributed by atoms with E-state index in [4.69, 9.17) is 5.11 Å². The van der Waals surface area contributed by atoms with Gasteiger partial charge in [-0.2, -0.15) is 0 Å². The largest absolute Gasteiger partial charge is 0.395 e. The fraction of sp³-hybridized carbons (Fsp3) is 0.400. The summed E-state index contributed by atoms with van der Waals surface area (Å²) < 4.78 is 13.5. The molecule has 0 spiro atoms. The summed E-state index contributed by atoms with van der Waals surface area (Å²) >= 11 is 0. The lowest BCUT2D eigenvalue weighted by molar-refractivity contribution is -0.131. The topological polar surface area (TPSA) is 43.8 Å². The molecule has 0 atom stereocenters. The summed E-state index contributed by atoms with van der Waals surface area (Å²) in [6.45, 7) is 4.94. The summed E-state index contributed by atoms with van der Waals surface area (Å²) in [5, 5.41) is 8.94. The number of carbonyl (C=O) groups excluding carboxylic acids is 1. The lowest BCUT2D eigenvalue weighted by Gasteiger charge is -2.23. The second-order valence-electron chi connectivity index (χ2n) is 4.59. The van der Waals surface area contributed by atoms with Crippen LogP contribution in [0.3, 0.4) is 0 Å². The van der Waals surface area contributed by atoms with Crippen molar-refractivity contribution in [3.8, 4) is 0 Å². The quantitative estimate of drug-likeness (QED) is 0.729. The summed E-state index contributed by atoms with van der Waals surface area (Å²) in [5.41, 5.74) is 0.487. The van der Waals surface area contributed by atoms with Crippen LogP contribution in [0.4, 0.5) is 4.39 Å². The fourth-order valence-corrected chi connectivity index (χ4v) is 1.84. The van der Waals surface area contributed by atoms with E-state index >= 15 is 0 Å². The third-order valence-electron chi connectivity index (χ3n) is 2.95. The van der Waals surface area contributed by atoms with Gasteiger partial charge in [0.2, 0.25) is 5.91 Å². The van der Waals surface area contributed by atoms with Gasteiger partial charge in [-0.1, -0.05) is 24.3 Å². The highest BCUT2D eigenvalue weighted by Crippen LogP contribution is 2.09. The van der Waals surface area contributed by atoms with Crippen molar-refractivity contribution >= 4 is 5.91 Å². The first kappa shape index (κ1) is 16.3. The van der Waals surface area contributed by atoms with Gasteiger partial charge in [0.25, 0.3) is 0 Å². The van der Waals surface area contributed by atoms with Gasteiger partial charge < -0.3 is 10.0 Å². The van der Waals surface area contributed by atoms with Gasteiger partial charge in [-0.05, 0) is 6.07 Å². The smallest absolute Gasteiger partial charge is 0.236 e. The predicted molar refractivity (Wildman–Crippen MR) is 76.6 cm³/mol. The Labute approximate surface area is 119 Å². The standard InChI is InChI=1S/C15H21FN2O2/c1-3-8-18(9-10-19)12-15(20)17(2)11-13-6-4-5-7-14(13)16/h3-7,19H,1,8-12H2,2H3. The number of aliphatic hydroxyl groups is 1. The first-order chi connectivity index (χ1) is 9.58. The lowest BCUT2D eigenvalue weighted by atomic mass is 10.2. The number of rotatable bonds is 8. The number of carbonyl (C=O) groups is 1. The van der Waals surface area contributed by atoms with Crippen molar-refractivity contribution in [1.82, 2.24) is 9.80 Å². The molecule has 0 aliphatic rings. The Morgan fingerprint density at radius 1 is 1.45 bits per heavy atom. The summed E-state index contributed by atoms with van der Waals surface area (Å²) in [7, 11) is 1.64. The van der Waals surface area contributed by atoms with Crippen molar-refractivity contribution in [2.45, 2.75) is 6.54 Å². The van der Waals surface area contributed by atoms with Crippen LogP contribution in [-0.2, 0) is 11.3 Å². The molecule has 1 N–H and O–H groups in total. The zero-order valence-corrected chi connectivity index (χ0v) is 11.8. The minimum atomic E-state index is -0.314. The van der Waals surface area contributed by atoms with Crippen LogP contribution in [-0.4, -0.2) is 54.1 Å². The van der Waals surface area contributed by atoms with Crippen LogP contribution in [0.25, 0.3) is 0 Å². The van der Waals surface area contributed by atoms with Crippen LogP contribution >= 0.6 is 0 Å². The zero-order valence-electron chi connectivity index (χ0n) is 11.8. The van der Waals surface area contributed by atoms with E-state index in [1.807, 2.05) is 0 Å². The highest BCUT2D eigenvalue weighted by atomic mass is 19.1.